The quantitative estimate of drug-likeness (QED) is 0.648. The van der Waals surface area contributed by atoms with E-state index in [4.69, 9.17) is 0 Å². The third-order valence-electron chi connectivity index (χ3n) is 2.49. The maximum absolute atomic E-state index is 10.9. The fraction of sp³-hybridized carbons (Fsp3) is 0.583. The lowest BCUT2D eigenvalue weighted by Gasteiger charge is -2.16. The van der Waals surface area contributed by atoms with Crippen LogP contribution in [0.3, 0.4) is 0 Å². The summed E-state index contributed by atoms with van der Waals surface area (Å²) < 4.78 is 0. The number of allylic oxidation sites excluding steroid dienone is 4. The van der Waals surface area contributed by atoms with Gasteiger partial charge in [-0.3, -0.25) is 4.79 Å². The third-order valence-corrected chi connectivity index (χ3v) is 2.49. The summed E-state index contributed by atoms with van der Waals surface area (Å²) in [5.41, 5.74) is 2.80. The second-order valence-electron chi connectivity index (χ2n) is 4.10. The number of hydrogen-bond donors (Lipinski definition) is 0. The van der Waals surface area contributed by atoms with Gasteiger partial charge in [-0.1, -0.05) is 37.1 Å². The van der Waals surface area contributed by atoms with E-state index in [1.807, 2.05) is 0 Å². The molecule has 1 aliphatic rings. The Balaban J connectivity index is 2.59. The van der Waals surface area contributed by atoms with Gasteiger partial charge in [0, 0.05) is 6.42 Å². The molecule has 0 saturated carbocycles. The first-order chi connectivity index (χ1) is 6.09. The zero-order valence-electron chi connectivity index (χ0n) is 8.76. The number of rotatable bonds is 3. The molecule has 0 heterocycles. The highest BCUT2D eigenvalue weighted by Gasteiger charge is 2.09. The molecule has 0 spiro atoms. The molecule has 0 bridgehead atoms. The van der Waals surface area contributed by atoms with Crippen LogP contribution in [0.25, 0.3) is 0 Å². The Hall–Kier alpha value is -0.850. The maximum atomic E-state index is 10.9. The van der Waals surface area contributed by atoms with Crippen molar-refractivity contribution in [3.8, 4) is 0 Å². The first kappa shape index (κ1) is 10.2. The number of Topliss-reactive ketones (excluding diaryl/α,β-unsaturated/α-hetero) is 1. The second kappa shape index (κ2) is 4.40. The molecule has 0 N–H and O–H groups in total. The molecular formula is C12H18O. The molecule has 72 valence electrons. The van der Waals surface area contributed by atoms with Crippen molar-refractivity contribution in [2.75, 3.05) is 0 Å². The Kier molecular flexibility index (Phi) is 3.47. The molecule has 0 aromatic rings. The molecule has 0 unspecified atom stereocenters. The van der Waals surface area contributed by atoms with E-state index in [-0.39, 0.29) is 5.78 Å². The average Bonchev–Trinajstić information content (AvgIpc) is 2.04. The Labute approximate surface area is 80.5 Å². The van der Waals surface area contributed by atoms with Crippen LogP contribution in [-0.4, -0.2) is 5.78 Å². The fourth-order valence-corrected chi connectivity index (χ4v) is 1.64. The lowest BCUT2D eigenvalue weighted by Crippen LogP contribution is -2.02. The first-order valence-electron chi connectivity index (χ1n) is 4.97. The van der Waals surface area contributed by atoms with Crippen molar-refractivity contribution < 1.29 is 4.79 Å². The standard InChI is InChI=1S/C12H18O/c1-9(2)12-6-4-11(5-7-12)8-10(3)13/h4,6,9H,5,7-8H2,1-3H3. The number of carbonyl (C=O) groups is 1. The van der Waals surface area contributed by atoms with Crippen molar-refractivity contribution in [1.29, 1.82) is 0 Å². The van der Waals surface area contributed by atoms with Crippen LogP contribution in [0.15, 0.2) is 23.3 Å². The van der Waals surface area contributed by atoms with Crippen LogP contribution in [0.5, 0.6) is 0 Å². The van der Waals surface area contributed by atoms with Crippen LogP contribution >= 0.6 is 0 Å². The van der Waals surface area contributed by atoms with Crippen LogP contribution < -0.4 is 0 Å². The predicted molar refractivity (Wildman–Crippen MR) is 55.5 cm³/mol. The molecule has 1 nitrogen and oxygen atoms in total. The number of hydrogen-bond acceptors (Lipinski definition) is 1. The summed E-state index contributed by atoms with van der Waals surface area (Å²) in [7, 11) is 0. The van der Waals surface area contributed by atoms with Crippen LogP contribution in [-0.2, 0) is 4.79 Å². The zero-order valence-corrected chi connectivity index (χ0v) is 8.76. The Morgan fingerprint density at radius 1 is 1.38 bits per heavy atom. The molecule has 0 amide bonds. The van der Waals surface area contributed by atoms with E-state index < -0.39 is 0 Å². The highest BCUT2D eigenvalue weighted by Crippen LogP contribution is 2.25. The van der Waals surface area contributed by atoms with E-state index in [0.29, 0.717) is 12.3 Å². The van der Waals surface area contributed by atoms with Gasteiger partial charge in [0.2, 0.25) is 0 Å². The molecule has 1 rings (SSSR count). The van der Waals surface area contributed by atoms with E-state index in [0.717, 1.165) is 12.8 Å². The summed E-state index contributed by atoms with van der Waals surface area (Å²) in [5, 5.41) is 0. The molecule has 0 atom stereocenters. The van der Waals surface area contributed by atoms with Crippen LogP contribution in [0.4, 0.5) is 0 Å². The Bertz CT molecular complexity index is 256. The number of carbonyl (C=O) groups excluding carboxylic acids is 1. The predicted octanol–water partition coefficient (Wildman–Crippen LogP) is 3.27. The van der Waals surface area contributed by atoms with Crippen molar-refractivity contribution in [3.05, 3.63) is 23.3 Å². The molecule has 0 aromatic heterocycles. The van der Waals surface area contributed by atoms with E-state index in [9.17, 15) is 4.79 Å². The van der Waals surface area contributed by atoms with Gasteiger partial charge >= 0.3 is 0 Å². The average molecular weight is 178 g/mol. The van der Waals surface area contributed by atoms with Gasteiger partial charge < -0.3 is 0 Å². The van der Waals surface area contributed by atoms with Crippen molar-refractivity contribution in [2.45, 2.75) is 40.0 Å². The minimum absolute atomic E-state index is 0.271. The van der Waals surface area contributed by atoms with Gasteiger partial charge in [-0.05, 0) is 25.7 Å². The van der Waals surface area contributed by atoms with E-state index in [1.54, 1.807) is 6.92 Å². The molecule has 0 aromatic carbocycles. The summed E-state index contributed by atoms with van der Waals surface area (Å²) >= 11 is 0. The normalized spacial score (nSPS) is 16.9. The van der Waals surface area contributed by atoms with Crippen LogP contribution in [0.2, 0.25) is 0 Å². The molecular weight excluding hydrogens is 160 g/mol. The van der Waals surface area contributed by atoms with Crippen LogP contribution in [0, 0.1) is 5.92 Å². The summed E-state index contributed by atoms with van der Waals surface area (Å²) in [6.07, 6.45) is 7.16. The van der Waals surface area contributed by atoms with Crippen molar-refractivity contribution >= 4 is 5.78 Å². The van der Waals surface area contributed by atoms with E-state index in [2.05, 4.69) is 26.0 Å². The SMILES string of the molecule is CC(=O)CC1=CC=C(C(C)C)CC1. The first-order valence-corrected chi connectivity index (χ1v) is 4.97. The molecule has 0 fully saturated rings. The van der Waals surface area contributed by atoms with Gasteiger partial charge in [0.25, 0.3) is 0 Å². The molecule has 1 aliphatic carbocycles. The van der Waals surface area contributed by atoms with Gasteiger partial charge in [-0.15, -0.1) is 0 Å². The van der Waals surface area contributed by atoms with Gasteiger partial charge in [0.05, 0.1) is 0 Å². The topological polar surface area (TPSA) is 17.1 Å². The van der Waals surface area contributed by atoms with Gasteiger partial charge in [-0.2, -0.15) is 0 Å². The van der Waals surface area contributed by atoms with Gasteiger partial charge in [-0.25, -0.2) is 0 Å². The van der Waals surface area contributed by atoms with E-state index >= 15 is 0 Å². The lowest BCUT2D eigenvalue weighted by atomic mass is 9.90. The monoisotopic (exact) mass is 178 g/mol. The largest absolute Gasteiger partial charge is 0.300 e. The highest BCUT2D eigenvalue weighted by molar-refractivity contribution is 5.78. The zero-order chi connectivity index (χ0) is 9.84. The van der Waals surface area contributed by atoms with Crippen molar-refractivity contribution in [2.24, 2.45) is 5.92 Å². The summed E-state index contributed by atoms with van der Waals surface area (Å²) in [6.45, 7) is 6.09. The minimum atomic E-state index is 0.271. The maximum Gasteiger partial charge on any atom is 0.133 e. The van der Waals surface area contributed by atoms with Crippen molar-refractivity contribution in [1.82, 2.24) is 0 Å². The second-order valence-corrected chi connectivity index (χ2v) is 4.10. The Morgan fingerprint density at radius 3 is 2.46 bits per heavy atom. The summed E-state index contributed by atoms with van der Waals surface area (Å²) in [6, 6.07) is 0. The summed E-state index contributed by atoms with van der Waals surface area (Å²) in [5.74, 6) is 0.919. The molecule has 0 radical (unpaired) electrons. The number of ketones is 1. The fourth-order valence-electron chi connectivity index (χ4n) is 1.64. The lowest BCUT2D eigenvalue weighted by molar-refractivity contribution is -0.116. The van der Waals surface area contributed by atoms with Crippen LogP contribution in [0.1, 0.15) is 40.0 Å². The minimum Gasteiger partial charge on any atom is -0.300 e. The molecule has 0 aliphatic heterocycles. The molecule has 1 heteroatoms. The van der Waals surface area contributed by atoms with Gasteiger partial charge in [0.15, 0.2) is 0 Å². The highest BCUT2D eigenvalue weighted by atomic mass is 16.1. The summed E-state index contributed by atoms with van der Waals surface area (Å²) in [4.78, 5) is 10.9. The van der Waals surface area contributed by atoms with E-state index in [1.165, 1.54) is 11.1 Å². The third kappa shape index (κ3) is 3.17. The molecule has 0 saturated heterocycles. The Morgan fingerprint density at radius 2 is 2.08 bits per heavy atom. The van der Waals surface area contributed by atoms with Gasteiger partial charge in [0.1, 0.15) is 5.78 Å². The smallest absolute Gasteiger partial charge is 0.133 e. The molecule has 13 heavy (non-hydrogen) atoms. The van der Waals surface area contributed by atoms with Crippen molar-refractivity contribution in [3.63, 3.8) is 0 Å².